The second kappa shape index (κ2) is 12.7. The van der Waals surface area contributed by atoms with Gasteiger partial charge in [-0.25, -0.2) is 0 Å². The molecule has 7 heteroatoms. The van der Waals surface area contributed by atoms with E-state index in [1.807, 2.05) is 82.1 Å². The molecule has 7 nitrogen and oxygen atoms in total. The van der Waals surface area contributed by atoms with Gasteiger partial charge in [-0.05, 0) is 92.7 Å². The summed E-state index contributed by atoms with van der Waals surface area (Å²) in [4.78, 5) is 35.1. The molecule has 2 heterocycles. The molecule has 1 fully saturated rings. The highest BCUT2D eigenvalue weighted by Crippen LogP contribution is 2.28. The Labute approximate surface area is 244 Å². The van der Waals surface area contributed by atoms with E-state index in [0.29, 0.717) is 35.0 Å². The van der Waals surface area contributed by atoms with Crippen molar-refractivity contribution in [2.45, 2.75) is 65.3 Å². The zero-order valence-corrected chi connectivity index (χ0v) is 25.1. The van der Waals surface area contributed by atoms with Gasteiger partial charge in [0.15, 0.2) is 0 Å². The predicted octanol–water partition coefficient (Wildman–Crippen LogP) is 6.42. The molecule has 1 N–H and O–H groups in total. The van der Waals surface area contributed by atoms with E-state index in [0.717, 1.165) is 35.5 Å². The van der Waals surface area contributed by atoms with E-state index in [1.54, 1.807) is 12.3 Å². The minimum Gasteiger partial charge on any atom is -0.340 e. The van der Waals surface area contributed by atoms with Crippen molar-refractivity contribution >= 4 is 17.5 Å². The van der Waals surface area contributed by atoms with Gasteiger partial charge in [0, 0.05) is 42.0 Å². The fourth-order valence-electron chi connectivity index (χ4n) is 5.32. The van der Waals surface area contributed by atoms with E-state index < -0.39 is 0 Å². The number of hydrogen-bond donors (Lipinski definition) is 1. The normalized spacial score (nSPS) is 14.7. The van der Waals surface area contributed by atoms with Crippen LogP contribution in [0, 0.1) is 18.3 Å². The molecular formula is C34H41N5O2. The highest BCUT2D eigenvalue weighted by Gasteiger charge is 2.21. The third-order valence-corrected chi connectivity index (χ3v) is 7.88. The Morgan fingerprint density at radius 3 is 2.37 bits per heavy atom. The SMILES string of the molecule is Cc1ncc(NC(=O)c2cc(C#N)cc(C(C)(C)C)c2)cc1-c1ccc(C(=O)N(C)CC(C)N2CCCCC2)cc1. The first-order valence-electron chi connectivity index (χ1n) is 14.4. The number of aromatic nitrogens is 1. The van der Waals surface area contributed by atoms with Crippen LogP contribution in [0.3, 0.4) is 0 Å². The van der Waals surface area contributed by atoms with Crippen LogP contribution in [-0.2, 0) is 5.41 Å². The molecular weight excluding hydrogens is 510 g/mol. The maximum absolute atomic E-state index is 13.2. The molecule has 0 saturated carbocycles. The zero-order chi connectivity index (χ0) is 29.7. The number of anilines is 1. The molecule has 214 valence electrons. The van der Waals surface area contributed by atoms with E-state index in [-0.39, 0.29) is 17.2 Å². The number of carbonyl (C=O) groups excluding carboxylic acids is 2. The highest BCUT2D eigenvalue weighted by molar-refractivity contribution is 6.05. The largest absolute Gasteiger partial charge is 0.340 e. The summed E-state index contributed by atoms with van der Waals surface area (Å²) in [7, 11) is 1.87. The number of nitrogens with one attached hydrogen (secondary N) is 1. The first-order valence-corrected chi connectivity index (χ1v) is 14.4. The number of likely N-dealkylation sites (tertiary alicyclic amines) is 1. The third kappa shape index (κ3) is 7.39. The summed E-state index contributed by atoms with van der Waals surface area (Å²) >= 11 is 0. The minimum atomic E-state index is -0.299. The Balaban J connectivity index is 1.48. The van der Waals surface area contributed by atoms with Crippen molar-refractivity contribution < 1.29 is 9.59 Å². The summed E-state index contributed by atoms with van der Waals surface area (Å²) in [6.45, 7) is 13.2. The monoisotopic (exact) mass is 551 g/mol. The summed E-state index contributed by atoms with van der Waals surface area (Å²) in [5, 5.41) is 12.4. The number of rotatable bonds is 7. The van der Waals surface area contributed by atoms with Crippen molar-refractivity contribution in [3.8, 4) is 17.2 Å². The Bertz CT molecular complexity index is 1440. The lowest BCUT2D eigenvalue weighted by atomic mass is 9.85. The standard InChI is InChI=1S/C34H41N5O2/c1-23(39-14-8-7-9-15-39)22-38(6)33(41)27-12-10-26(11-13-27)31-19-30(21-36-24(31)2)37-32(40)28-16-25(20-35)17-29(18-28)34(3,4)5/h10-13,16-19,21,23H,7-9,14-15,22H2,1-6H3,(H,37,40). The van der Waals surface area contributed by atoms with Crippen LogP contribution >= 0.6 is 0 Å². The van der Waals surface area contributed by atoms with Crippen LogP contribution in [0.25, 0.3) is 11.1 Å². The van der Waals surface area contributed by atoms with Gasteiger partial charge in [0.25, 0.3) is 11.8 Å². The van der Waals surface area contributed by atoms with E-state index in [2.05, 4.69) is 28.2 Å². The fourth-order valence-corrected chi connectivity index (χ4v) is 5.32. The topological polar surface area (TPSA) is 89.3 Å². The van der Waals surface area contributed by atoms with E-state index >= 15 is 0 Å². The average molecular weight is 552 g/mol. The summed E-state index contributed by atoms with van der Waals surface area (Å²) in [5.41, 5.74) is 5.40. The van der Waals surface area contributed by atoms with Crippen LogP contribution in [0.2, 0.25) is 0 Å². The number of aryl methyl sites for hydroxylation is 1. The number of carbonyl (C=O) groups is 2. The van der Waals surface area contributed by atoms with Gasteiger partial charge in [-0.2, -0.15) is 5.26 Å². The van der Waals surface area contributed by atoms with Crippen molar-refractivity contribution in [3.63, 3.8) is 0 Å². The van der Waals surface area contributed by atoms with E-state index in [9.17, 15) is 14.9 Å². The van der Waals surface area contributed by atoms with Crippen LogP contribution in [0.4, 0.5) is 5.69 Å². The van der Waals surface area contributed by atoms with Crippen molar-refractivity contribution in [3.05, 3.63) is 82.7 Å². The van der Waals surface area contributed by atoms with Crippen LogP contribution in [0.15, 0.2) is 54.7 Å². The predicted molar refractivity (Wildman–Crippen MR) is 164 cm³/mol. The molecule has 1 aromatic heterocycles. The van der Waals surface area contributed by atoms with Crippen LogP contribution < -0.4 is 5.32 Å². The molecule has 1 unspecified atom stereocenters. The summed E-state index contributed by atoms with van der Waals surface area (Å²) in [5.74, 6) is -0.294. The summed E-state index contributed by atoms with van der Waals surface area (Å²) < 4.78 is 0. The lowest BCUT2D eigenvalue weighted by Crippen LogP contribution is -2.45. The number of hydrogen-bond acceptors (Lipinski definition) is 5. The minimum absolute atomic E-state index is 0.00509. The maximum atomic E-state index is 13.2. The van der Waals surface area contributed by atoms with Crippen LogP contribution in [-0.4, -0.2) is 59.3 Å². The summed E-state index contributed by atoms with van der Waals surface area (Å²) in [6, 6.07) is 17.2. The molecule has 2 amide bonds. The third-order valence-electron chi connectivity index (χ3n) is 7.88. The molecule has 41 heavy (non-hydrogen) atoms. The maximum Gasteiger partial charge on any atom is 0.255 e. The van der Waals surface area contributed by atoms with Gasteiger partial charge in [0.2, 0.25) is 0 Å². The first-order chi connectivity index (χ1) is 19.5. The summed E-state index contributed by atoms with van der Waals surface area (Å²) in [6.07, 6.45) is 5.39. The van der Waals surface area contributed by atoms with Crippen LogP contribution in [0.1, 0.15) is 84.5 Å². The molecule has 2 aromatic carbocycles. The number of nitrogens with zero attached hydrogens (tertiary/aromatic N) is 4. The molecule has 1 aliphatic heterocycles. The number of nitriles is 1. The molecule has 3 aromatic rings. The lowest BCUT2D eigenvalue weighted by Gasteiger charge is -2.34. The molecule has 1 aliphatic rings. The Kier molecular flexibility index (Phi) is 9.25. The Hall–Kier alpha value is -4.02. The van der Waals surface area contributed by atoms with E-state index in [4.69, 9.17) is 0 Å². The van der Waals surface area contributed by atoms with Crippen molar-refractivity contribution in [2.75, 3.05) is 32.0 Å². The van der Waals surface area contributed by atoms with Gasteiger partial charge in [-0.15, -0.1) is 0 Å². The number of piperidine rings is 1. The number of amides is 2. The van der Waals surface area contributed by atoms with Crippen molar-refractivity contribution in [1.29, 1.82) is 5.26 Å². The van der Waals surface area contributed by atoms with Gasteiger partial charge < -0.3 is 10.2 Å². The number of pyridine rings is 1. The lowest BCUT2D eigenvalue weighted by molar-refractivity contribution is 0.0723. The van der Waals surface area contributed by atoms with Gasteiger partial charge in [-0.3, -0.25) is 19.5 Å². The smallest absolute Gasteiger partial charge is 0.255 e. The molecule has 0 radical (unpaired) electrons. The quantitative estimate of drug-likeness (QED) is 0.366. The van der Waals surface area contributed by atoms with Gasteiger partial charge in [0.05, 0.1) is 23.5 Å². The van der Waals surface area contributed by atoms with E-state index in [1.165, 1.54) is 19.3 Å². The second-order valence-corrected chi connectivity index (χ2v) is 12.2. The van der Waals surface area contributed by atoms with Gasteiger partial charge in [-0.1, -0.05) is 39.3 Å². The molecule has 4 rings (SSSR count). The molecule has 0 aliphatic carbocycles. The Morgan fingerprint density at radius 1 is 1.05 bits per heavy atom. The zero-order valence-electron chi connectivity index (χ0n) is 25.1. The second-order valence-electron chi connectivity index (χ2n) is 12.2. The Morgan fingerprint density at radius 2 is 1.73 bits per heavy atom. The molecule has 1 atom stereocenters. The van der Waals surface area contributed by atoms with Gasteiger partial charge in [0.1, 0.15) is 0 Å². The number of benzene rings is 2. The van der Waals surface area contributed by atoms with Crippen molar-refractivity contribution in [1.82, 2.24) is 14.8 Å². The van der Waals surface area contributed by atoms with Gasteiger partial charge >= 0.3 is 0 Å². The van der Waals surface area contributed by atoms with Crippen LogP contribution in [0.5, 0.6) is 0 Å². The molecule has 0 bridgehead atoms. The molecule has 1 saturated heterocycles. The highest BCUT2D eigenvalue weighted by atomic mass is 16.2. The fraction of sp³-hybridized carbons (Fsp3) is 0.412. The van der Waals surface area contributed by atoms with Crippen molar-refractivity contribution in [2.24, 2.45) is 0 Å². The first kappa shape index (κ1) is 30.0. The average Bonchev–Trinajstić information content (AvgIpc) is 2.97. The number of likely N-dealkylation sites (N-methyl/N-ethyl adjacent to an activating group) is 1. The molecule has 0 spiro atoms.